The molecule has 0 spiro atoms. The summed E-state index contributed by atoms with van der Waals surface area (Å²) in [5.74, 6) is 2.49. The van der Waals surface area contributed by atoms with Crippen LogP contribution in [0, 0.1) is 12.3 Å². The van der Waals surface area contributed by atoms with Crippen LogP contribution in [0.4, 0.5) is 0 Å². The van der Waals surface area contributed by atoms with Crippen LogP contribution in [0.15, 0.2) is 31.1 Å². The molecule has 1 heterocycles. The molecule has 12 heavy (non-hydrogen) atoms. The largest absolute Gasteiger partial charge is 0.321 e. The lowest BCUT2D eigenvalue weighted by Crippen LogP contribution is -2.06. The molecule has 2 heteroatoms. The van der Waals surface area contributed by atoms with E-state index in [0.717, 1.165) is 11.1 Å². The Balaban J connectivity index is 3.03. The van der Waals surface area contributed by atoms with Crippen LogP contribution in [0.3, 0.4) is 0 Å². The lowest BCUT2D eigenvalue weighted by atomic mass is 10.1. The molecule has 1 aromatic rings. The number of pyridine rings is 1. The van der Waals surface area contributed by atoms with Gasteiger partial charge >= 0.3 is 0 Å². The second kappa shape index (κ2) is 3.70. The summed E-state index contributed by atoms with van der Waals surface area (Å²) in [7, 11) is 0. The number of nitrogens with two attached hydrogens (primary N) is 1. The summed E-state index contributed by atoms with van der Waals surface area (Å²) in [5.41, 5.74) is 7.32. The highest BCUT2D eigenvalue weighted by molar-refractivity contribution is 5.34. The van der Waals surface area contributed by atoms with Crippen molar-refractivity contribution in [2.24, 2.45) is 5.73 Å². The molecule has 0 unspecified atom stereocenters. The van der Waals surface area contributed by atoms with Crippen molar-refractivity contribution >= 4 is 0 Å². The zero-order valence-electron chi connectivity index (χ0n) is 6.70. The van der Waals surface area contributed by atoms with Gasteiger partial charge in [-0.1, -0.05) is 12.0 Å². The van der Waals surface area contributed by atoms with Crippen LogP contribution in [0.1, 0.15) is 17.2 Å². The SMILES string of the molecule is C#Cc1cncc([C@H](N)C=C)c1. The van der Waals surface area contributed by atoms with E-state index in [1.165, 1.54) is 0 Å². The summed E-state index contributed by atoms with van der Waals surface area (Å²) in [6.45, 7) is 3.59. The maximum atomic E-state index is 5.69. The molecule has 1 aromatic heterocycles. The van der Waals surface area contributed by atoms with E-state index in [2.05, 4.69) is 17.5 Å². The number of aromatic nitrogens is 1. The van der Waals surface area contributed by atoms with E-state index >= 15 is 0 Å². The first-order valence-electron chi connectivity index (χ1n) is 3.57. The van der Waals surface area contributed by atoms with E-state index in [1.54, 1.807) is 18.5 Å². The fourth-order valence-electron chi connectivity index (χ4n) is 0.855. The van der Waals surface area contributed by atoms with Crippen LogP contribution < -0.4 is 5.73 Å². The van der Waals surface area contributed by atoms with Crippen LogP contribution in [0.5, 0.6) is 0 Å². The first kappa shape index (κ1) is 8.51. The third-order valence-corrected chi connectivity index (χ3v) is 1.56. The van der Waals surface area contributed by atoms with Crippen molar-refractivity contribution in [3.63, 3.8) is 0 Å². The van der Waals surface area contributed by atoms with Gasteiger partial charge in [0.1, 0.15) is 0 Å². The molecular weight excluding hydrogens is 148 g/mol. The van der Waals surface area contributed by atoms with Gasteiger partial charge in [-0.15, -0.1) is 13.0 Å². The molecule has 0 saturated carbocycles. The standard InChI is InChI=1S/C10H10N2/c1-3-8-5-9(7-12-6-8)10(11)4-2/h1,4-7,10H,2,11H2/t10-/m1/s1. The van der Waals surface area contributed by atoms with E-state index in [9.17, 15) is 0 Å². The van der Waals surface area contributed by atoms with E-state index in [0.29, 0.717) is 0 Å². The van der Waals surface area contributed by atoms with Crippen LogP contribution in [-0.2, 0) is 0 Å². The molecule has 0 aromatic carbocycles. The van der Waals surface area contributed by atoms with E-state index < -0.39 is 0 Å². The molecular formula is C10H10N2. The molecule has 0 radical (unpaired) electrons. The Bertz CT molecular complexity index is 323. The van der Waals surface area contributed by atoms with Gasteiger partial charge in [-0.25, -0.2) is 0 Å². The van der Waals surface area contributed by atoms with Crippen molar-refractivity contribution in [1.29, 1.82) is 0 Å². The van der Waals surface area contributed by atoms with Crippen LogP contribution in [0.25, 0.3) is 0 Å². The number of terminal acetylenes is 1. The van der Waals surface area contributed by atoms with Gasteiger partial charge in [-0.3, -0.25) is 4.98 Å². The first-order valence-corrected chi connectivity index (χ1v) is 3.57. The minimum atomic E-state index is -0.189. The summed E-state index contributed by atoms with van der Waals surface area (Å²) < 4.78 is 0. The number of hydrogen-bond donors (Lipinski definition) is 1. The number of nitrogens with zero attached hydrogens (tertiary/aromatic N) is 1. The molecule has 1 atom stereocenters. The third-order valence-electron chi connectivity index (χ3n) is 1.56. The highest BCUT2D eigenvalue weighted by Crippen LogP contribution is 2.10. The van der Waals surface area contributed by atoms with Crippen LogP contribution in [0.2, 0.25) is 0 Å². The Morgan fingerprint density at radius 2 is 2.42 bits per heavy atom. The quantitative estimate of drug-likeness (QED) is 0.519. The van der Waals surface area contributed by atoms with Crippen molar-refractivity contribution in [2.75, 3.05) is 0 Å². The predicted octanol–water partition coefficient (Wildman–Crippen LogP) is 1.25. The Morgan fingerprint density at radius 3 is 3.00 bits per heavy atom. The van der Waals surface area contributed by atoms with E-state index in [1.807, 2.05) is 6.07 Å². The van der Waals surface area contributed by atoms with Gasteiger partial charge in [0.15, 0.2) is 0 Å². The van der Waals surface area contributed by atoms with Gasteiger partial charge in [-0.05, 0) is 11.6 Å². The molecule has 60 valence electrons. The average molecular weight is 158 g/mol. The molecule has 0 aliphatic heterocycles. The van der Waals surface area contributed by atoms with Crippen molar-refractivity contribution in [1.82, 2.24) is 4.98 Å². The van der Waals surface area contributed by atoms with Gasteiger partial charge in [0, 0.05) is 24.0 Å². The van der Waals surface area contributed by atoms with Gasteiger partial charge in [0.25, 0.3) is 0 Å². The van der Waals surface area contributed by atoms with Crippen molar-refractivity contribution < 1.29 is 0 Å². The smallest absolute Gasteiger partial charge is 0.0494 e. The van der Waals surface area contributed by atoms with Gasteiger partial charge in [0.2, 0.25) is 0 Å². The Hall–Kier alpha value is -1.59. The molecule has 0 amide bonds. The van der Waals surface area contributed by atoms with Gasteiger partial charge in [-0.2, -0.15) is 0 Å². The van der Waals surface area contributed by atoms with E-state index in [4.69, 9.17) is 12.2 Å². The maximum Gasteiger partial charge on any atom is 0.0494 e. The monoisotopic (exact) mass is 158 g/mol. The summed E-state index contributed by atoms with van der Waals surface area (Å²) in [6, 6.07) is 1.64. The minimum Gasteiger partial charge on any atom is -0.321 e. The summed E-state index contributed by atoms with van der Waals surface area (Å²) in [6.07, 6.45) is 10.2. The Labute approximate surface area is 72.1 Å². The zero-order chi connectivity index (χ0) is 8.97. The van der Waals surface area contributed by atoms with Crippen molar-refractivity contribution in [3.8, 4) is 12.3 Å². The molecule has 0 aliphatic rings. The summed E-state index contributed by atoms with van der Waals surface area (Å²) in [5, 5.41) is 0. The average Bonchev–Trinajstić information content (AvgIpc) is 2.17. The minimum absolute atomic E-state index is 0.189. The molecule has 1 rings (SSSR count). The Morgan fingerprint density at radius 1 is 1.67 bits per heavy atom. The second-order valence-corrected chi connectivity index (χ2v) is 2.41. The molecule has 0 fully saturated rings. The third kappa shape index (κ3) is 1.71. The van der Waals surface area contributed by atoms with Crippen molar-refractivity contribution in [3.05, 3.63) is 42.2 Å². The molecule has 0 bridgehead atoms. The zero-order valence-corrected chi connectivity index (χ0v) is 6.70. The summed E-state index contributed by atoms with van der Waals surface area (Å²) in [4.78, 5) is 3.95. The fourth-order valence-corrected chi connectivity index (χ4v) is 0.855. The van der Waals surface area contributed by atoms with Crippen molar-refractivity contribution in [2.45, 2.75) is 6.04 Å². The first-order chi connectivity index (χ1) is 5.77. The molecule has 2 nitrogen and oxygen atoms in total. The fraction of sp³-hybridized carbons (Fsp3) is 0.100. The molecule has 2 N–H and O–H groups in total. The number of rotatable bonds is 2. The van der Waals surface area contributed by atoms with Crippen LogP contribution in [-0.4, -0.2) is 4.98 Å². The normalized spacial score (nSPS) is 11.7. The lowest BCUT2D eigenvalue weighted by Gasteiger charge is -2.04. The number of hydrogen-bond acceptors (Lipinski definition) is 2. The van der Waals surface area contributed by atoms with E-state index in [-0.39, 0.29) is 6.04 Å². The second-order valence-electron chi connectivity index (χ2n) is 2.41. The topological polar surface area (TPSA) is 38.9 Å². The van der Waals surface area contributed by atoms with Gasteiger partial charge < -0.3 is 5.73 Å². The predicted molar refractivity (Wildman–Crippen MR) is 49.3 cm³/mol. The highest BCUT2D eigenvalue weighted by Gasteiger charge is 2.00. The molecule has 0 aliphatic carbocycles. The summed E-state index contributed by atoms with van der Waals surface area (Å²) >= 11 is 0. The highest BCUT2D eigenvalue weighted by atomic mass is 14.7. The molecule has 0 saturated heterocycles. The maximum absolute atomic E-state index is 5.69. The van der Waals surface area contributed by atoms with Crippen LogP contribution >= 0.6 is 0 Å². The Kier molecular flexibility index (Phi) is 2.62. The lowest BCUT2D eigenvalue weighted by molar-refractivity contribution is 0.903. The van der Waals surface area contributed by atoms with Gasteiger partial charge in [0.05, 0.1) is 0 Å².